The van der Waals surface area contributed by atoms with Gasteiger partial charge in [-0.2, -0.15) is 0 Å². The zero-order valence-electron chi connectivity index (χ0n) is 15.1. The van der Waals surface area contributed by atoms with Gasteiger partial charge < -0.3 is 15.3 Å². The number of hydrogen-bond donors (Lipinski definition) is 2. The predicted octanol–water partition coefficient (Wildman–Crippen LogP) is 4.27. The summed E-state index contributed by atoms with van der Waals surface area (Å²) in [6.45, 7) is 4.95. The Morgan fingerprint density at radius 2 is 1.56 bits per heavy atom. The Morgan fingerprint density at radius 3 is 2.04 bits per heavy atom. The fourth-order valence-corrected chi connectivity index (χ4v) is 2.77. The summed E-state index contributed by atoms with van der Waals surface area (Å²) in [6.07, 6.45) is 2.80. The van der Waals surface area contributed by atoms with Crippen LogP contribution >= 0.6 is 0 Å². The average molecular weight is 340 g/mol. The number of carbonyl (C=O) groups is 1. The molecule has 0 bridgehead atoms. The van der Waals surface area contributed by atoms with Gasteiger partial charge in [0.2, 0.25) is 0 Å². The molecule has 0 amide bonds. The summed E-state index contributed by atoms with van der Waals surface area (Å²) in [5, 5.41) is 12.2. The van der Waals surface area contributed by atoms with Crippen molar-refractivity contribution in [3.05, 3.63) is 66.2 Å². The van der Waals surface area contributed by atoms with E-state index in [0.717, 1.165) is 17.2 Å². The molecule has 1 aliphatic rings. The third kappa shape index (κ3) is 6.59. The minimum absolute atomic E-state index is 0.724. The number of carboxylic acid groups (broad SMARTS) is 1. The van der Waals surface area contributed by atoms with Crippen LogP contribution in [-0.2, 0) is 4.79 Å². The SMILES string of the molecule is CC1CCN(C)CC1.O=C(O)[C@H](Nc1ccccc1)c1ccccc1. The van der Waals surface area contributed by atoms with Crippen LogP contribution in [0.25, 0.3) is 0 Å². The lowest BCUT2D eigenvalue weighted by molar-refractivity contribution is -0.138. The van der Waals surface area contributed by atoms with E-state index in [4.69, 9.17) is 0 Å². The van der Waals surface area contributed by atoms with Gasteiger partial charge in [-0.1, -0.05) is 55.5 Å². The Balaban J connectivity index is 0.000000236. The lowest BCUT2D eigenvalue weighted by atomic mass is 10.00. The average Bonchev–Trinajstić information content (AvgIpc) is 2.64. The number of carboxylic acids is 1. The van der Waals surface area contributed by atoms with E-state index >= 15 is 0 Å². The number of rotatable bonds is 4. The summed E-state index contributed by atoms with van der Waals surface area (Å²) in [6, 6.07) is 17.7. The molecule has 1 aliphatic heterocycles. The molecule has 2 aromatic rings. The first-order chi connectivity index (χ1) is 12.1. The van der Waals surface area contributed by atoms with E-state index in [-0.39, 0.29) is 0 Å². The van der Waals surface area contributed by atoms with E-state index < -0.39 is 12.0 Å². The minimum Gasteiger partial charge on any atom is -0.479 e. The van der Waals surface area contributed by atoms with Crippen LogP contribution < -0.4 is 5.32 Å². The highest BCUT2D eigenvalue weighted by Gasteiger charge is 2.18. The molecule has 1 heterocycles. The second kappa shape index (κ2) is 9.84. The number of hydrogen-bond acceptors (Lipinski definition) is 3. The van der Waals surface area contributed by atoms with Crippen molar-refractivity contribution in [2.45, 2.75) is 25.8 Å². The fourth-order valence-electron chi connectivity index (χ4n) is 2.77. The quantitative estimate of drug-likeness (QED) is 0.872. The first-order valence-corrected chi connectivity index (χ1v) is 8.84. The van der Waals surface area contributed by atoms with Crippen molar-refractivity contribution in [2.24, 2.45) is 5.92 Å². The van der Waals surface area contributed by atoms with Crippen molar-refractivity contribution in [2.75, 3.05) is 25.5 Å². The van der Waals surface area contributed by atoms with Crippen LogP contribution in [-0.4, -0.2) is 36.1 Å². The summed E-state index contributed by atoms with van der Waals surface area (Å²) < 4.78 is 0. The molecule has 134 valence electrons. The van der Waals surface area contributed by atoms with E-state index in [0.29, 0.717) is 0 Å². The van der Waals surface area contributed by atoms with E-state index in [1.165, 1.54) is 25.9 Å². The highest BCUT2D eigenvalue weighted by molar-refractivity contribution is 5.79. The maximum absolute atomic E-state index is 11.2. The second-order valence-corrected chi connectivity index (χ2v) is 6.68. The van der Waals surface area contributed by atoms with Gasteiger partial charge in [0.1, 0.15) is 0 Å². The monoisotopic (exact) mass is 340 g/mol. The molecular formula is C21H28N2O2. The smallest absolute Gasteiger partial charge is 0.330 e. The van der Waals surface area contributed by atoms with E-state index in [1.54, 1.807) is 12.1 Å². The Morgan fingerprint density at radius 1 is 1.04 bits per heavy atom. The van der Waals surface area contributed by atoms with Crippen LogP contribution in [0.4, 0.5) is 5.69 Å². The van der Waals surface area contributed by atoms with Crippen LogP contribution in [0.5, 0.6) is 0 Å². The molecule has 0 spiro atoms. The molecule has 0 aliphatic carbocycles. The molecule has 2 N–H and O–H groups in total. The van der Waals surface area contributed by atoms with Crippen molar-refractivity contribution in [1.82, 2.24) is 4.90 Å². The number of likely N-dealkylation sites (tertiary alicyclic amines) is 1. The van der Waals surface area contributed by atoms with Gasteiger partial charge in [-0.3, -0.25) is 0 Å². The highest BCUT2D eigenvalue weighted by atomic mass is 16.4. The normalized spacial score (nSPS) is 16.4. The Labute approximate surface area is 150 Å². The molecule has 1 atom stereocenters. The molecule has 25 heavy (non-hydrogen) atoms. The molecule has 0 saturated carbocycles. The zero-order valence-corrected chi connectivity index (χ0v) is 15.1. The lowest BCUT2D eigenvalue weighted by Crippen LogP contribution is -2.28. The summed E-state index contributed by atoms with van der Waals surface area (Å²) in [7, 11) is 2.20. The van der Waals surface area contributed by atoms with Gasteiger partial charge in [-0.05, 0) is 56.6 Å². The third-order valence-electron chi connectivity index (χ3n) is 4.47. The molecule has 3 rings (SSSR count). The third-order valence-corrected chi connectivity index (χ3v) is 4.47. The van der Waals surface area contributed by atoms with Gasteiger partial charge in [0.15, 0.2) is 6.04 Å². The Kier molecular flexibility index (Phi) is 7.48. The maximum atomic E-state index is 11.2. The Hall–Kier alpha value is -2.33. The van der Waals surface area contributed by atoms with E-state index in [2.05, 4.69) is 24.2 Å². The number of para-hydroxylation sites is 1. The highest BCUT2D eigenvalue weighted by Crippen LogP contribution is 2.19. The van der Waals surface area contributed by atoms with Crippen LogP contribution in [0.1, 0.15) is 31.4 Å². The summed E-state index contributed by atoms with van der Waals surface area (Å²) in [5.41, 5.74) is 1.53. The molecule has 4 nitrogen and oxygen atoms in total. The molecule has 1 saturated heterocycles. The van der Waals surface area contributed by atoms with Crippen molar-refractivity contribution < 1.29 is 9.90 Å². The largest absolute Gasteiger partial charge is 0.479 e. The number of nitrogens with one attached hydrogen (secondary N) is 1. The number of benzene rings is 2. The van der Waals surface area contributed by atoms with Gasteiger partial charge in [0.25, 0.3) is 0 Å². The van der Waals surface area contributed by atoms with Gasteiger partial charge >= 0.3 is 5.97 Å². The van der Waals surface area contributed by atoms with Crippen LogP contribution in [0.2, 0.25) is 0 Å². The standard InChI is InChI=1S/C14H13NO2.C7H15N/c16-14(17)13(11-7-3-1-4-8-11)15-12-9-5-2-6-10-12;1-7-3-5-8(2)6-4-7/h1-10,13,15H,(H,16,17);7H,3-6H2,1-2H3/t13-;/m1./s1. The summed E-state index contributed by atoms with van der Waals surface area (Å²) in [4.78, 5) is 13.6. The number of aliphatic carboxylic acids is 1. The number of piperidine rings is 1. The van der Waals surface area contributed by atoms with E-state index in [1.807, 2.05) is 48.5 Å². The molecule has 2 aromatic carbocycles. The number of nitrogens with zero attached hydrogens (tertiary/aromatic N) is 1. The first-order valence-electron chi connectivity index (χ1n) is 8.84. The summed E-state index contributed by atoms with van der Waals surface area (Å²) >= 11 is 0. The lowest BCUT2D eigenvalue weighted by Gasteiger charge is -2.26. The van der Waals surface area contributed by atoms with Crippen LogP contribution in [0.15, 0.2) is 60.7 Å². The molecule has 0 radical (unpaired) electrons. The fraction of sp³-hybridized carbons (Fsp3) is 0.381. The molecule has 4 heteroatoms. The molecule has 0 unspecified atom stereocenters. The minimum atomic E-state index is -0.889. The maximum Gasteiger partial charge on any atom is 0.330 e. The van der Waals surface area contributed by atoms with Gasteiger partial charge in [-0.25, -0.2) is 4.79 Å². The molecular weight excluding hydrogens is 312 g/mol. The van der Waals surface area contributed by atoms with Crippen molar-refractivity contribution in [3.8, 4) is 0 Å². The van der Waals surface area contributed by atoms with Crippen molar-refractivity contribution >= 4 is 11.7 Å². The van der Waals surface area contributed by atoms with Crippen molar-refractivity contribution in [3.63, 3.8) is 0 Å². The van der Waals surface area contributed by atoms with Gasteiger partial charge in [-0.15, -0.1) is 0 Å². The second-order valence-electron chi connectivity index (χ2n) is 6.68. The Bertz CT molecular complexity index is 613. The number of anilines is 1. The van der Waals surface area contributed by atoms with Crippen molar-refractivity contribution in [1.29, 1.82) is 0 Å². The van der Waals surface area contributed by atoms with Gasteiger partial charge in [0.05, 0.1) is 0 Å². The predicted molar refractivity (Wildman–Crippen MR) is 103 cm³/mol. The summed E-state index contributed by atoms with van der Waals surface area (Å²) in [5.74, 6) is 0.0891. The molecule has 1 fully saturated rings. The van der Waals surface area contributed by atoms with E-state index in [9.17, 15) is 9.90 Å². The first kappa shape index (κ1) is 19.0. The van der Waals surface area contributed by atoms with Crippen LogP contribution in [0.3, 0.4) is 0 Å². The topological polar surface area (TPSA) is 52.6 Å². The van der Waals surface area contributed by atoms with Crippen LogP contribution in [0, 0.1) is 5.92 Å². The zero-order chi connectivity index (χ0) is 18.1. The van der Waals surface area contributed by atoms with Gasteiger partial charge in [0, 0.05) is 5.69 Å². The molecule has 0 aromatic heterocycles.